The second kappa shape index (κ2) is 5.41. The van der Waals surface area contributed by atoms with Crippen molar-refractivity contribution >= 4 is 0 Å². The molecule has 0 fully saturated rings. The van der Waals surface area contributed by atoms with Gasteiger partial charge >= 0.3 is 0 Å². The highest BCUT2D eigenvalue weighted by Gasteiger charge is 2.12. The SMILES string of the molecule is CCNCc1cncc(-c2ccc3c(c2)CCO3)c1. The fourth-order valence-corrected chi connectivity index (χ4v) is 2.38. The maximum Gasteiger partial charge on any atom is 0.122 e. The predicted octanol–water partition coefficient (Wildman–Crippen LogP) is 2.79. The summed E-state index contributed by atoms with van der Waals surface area (Å²) in [4.78, 5) is 4.34. The summed E-state index contributed by atoms with van der Waals surface area (Å²) in [6, 6.07) is 8.59. The van der Waals surface area contributed by atoms with Gasteiger partial charge < -0.3 is 10.1 Å². The zero-order valence-electron chi connectivity index (χ0n) is 11.1. The van der Waals surface area contributed by atoms with Crippen molar-refractivity contribution in [2.24, 2.45) is 0 Å². The first-order valence-corrected chi connectivity index (χ1v) is 6.77. The minimum absolute atomic E-state index is 0.803. The molecule has 1 aromatic carbocycles. The molecule has 0 saturated heterocycles. The number of fused-ring (bicyclic) bond motifs is 1. The highest BCUT2D eigenvalue weighted by atomic mass is 16.5. The van der Waals surface area contributed by atoms with E-state index in [0.29, 0.717) is 0 Å². The molecule has 2 heterocycles. The third-order valence-corrected chi connectivity index (χ3v) is 3.40. The van der Waals surface area contributed by atoms with Crippen molar-refractivity contribution in [3.63, 3.8) is 0 Å². The summed E-state index contributed by atoms with van der Waals surface area (Å²) in [7, 11) is 0. The molecule has 1 N–H and O–H groups in total. The number of nitrogens with zero attached hydrogens (tertiary/aromatic N) is 1. The molecule has 1 aliphatic heterocycles. The summed E-state index contributed by atoms with van der Waals surface area (Å²) in [5.41, 5.74) is 4.91. The molecule has 3 nitrogen and oxygen atoms in total. The molecule has 98 valence electrons. The fourth-order valence-electron chi connectivity index (χ4n) is 2.38. The number of rotatable bonds is 4. The Hall–Kier alpha value is -1.87. The molecule has 0 spiro atoms. The van der Waals surface area contributed by atoms with Crippen LogP contribution in [-0.4, -0.2) is 18.1 Å². The summed E-state index contributed by atoms with van der Waals surface area (Å²) < 4.78 is 5.54. The maximum absolute atomic E-state index is 5.54. The van der Waals surface area contributed by atoms with Gasteiger partial charge in [0.2, 0.25) is 0 Å². The first kappa shape index (κ1) is 12.2. The second-order valence-electron chi connectivity index (χ2n) is 4.78. The maximum atomic E-state index is 5.54. The van der Waals surface area contributed by atoms with Crippen molar-refractivity contribution in [2.45, 2.75) is 19.9 Å². The molecular formula is C16H18N2O. The summed E-state index contributed by atoms with van der Waals surface area (Å²) in [6.45, 7) is 4.75. The van der Waals surface area contributed by atoms with E-state index in [2.05, 4.69) is 41.5 Å². The molecule has 2 aromatic rings. The smallest absolute Gasteiger partial charge is 0.122 e. The number of ether oxygens (including phenoxy) is 1. The normalized spacial score (nSPS) is 13.1. The number of aromatic nitrogens is 1. The third kappa shape index (κ3) is 2.61. The quantitative estimate of drug-likeness (QED) is 0.911. The Morgan fingerprint density at radius 3 is 3.05 bits per heavy atom. The van der Waals surface area contributed by atoms with Crippen molar-refractivity contribution in [1.29, 1.82) is 0 Å². The fraction of sp³-hybridized carbons (Fsp3) is 0.312. The van der Waals surface area contributed by atoms with Gasteiger partial charge in [0.15, 0.2) is 0 Å². The summed E-state index contributed by atoms with van der Waals surface area (Å²) >= 11 is 0. The van der Waals surface area contributed by atoms with Crippen LogP contribution in [0.1, 0.15) is 18.1 Å². The van der Waals surface area contributed by atoms with Gasteiger partial charge in [-0.15, -0.1) is 0 Å². The molecule has 0 radical (unpaired) electrons. The molecule has 3 heteroatoms. The summed E-state index contributed by atoms with van der Waals surface area (Å²) in [6.07, 6.45) is 4.85. The van der Waals surface area contributed by atoms with Crippen LogP contribution >= 0.6 is 0 Å². The Labute approximate surface area is 113 Å². The molecule has 19 heavy (non-hydrogen) atoms. The van der Waals surface area contributed by atoms with Gasteiger partial charge in [0.1, 0.15) is 5.75 Å². The molecule has 0 bridgehead atoms. The highest BCUT2D eigenvalue weighted by Crippen LogP contribution is 2.30. The Kier molecular flexibility index (Phi) is 3.47. The Balaban J connectivity index is 1.89. The average Bonchev–Trinajstić information content (AvgIpc) is 2.92. The van der Waals surface area contributed by atoms with Crippen LogP contribution in [-0.2, 0) is 13.0 Å². The lowest BCUT2D eigenvalue weighted by atomic mass is 10.0. The third-order valence-electron chi connectivity index (χ3n) is 3.40. The van der Waals surface area contributed by atoms with Crippen molar-refractivity contribution in [3.05, 3.63) is 47.8 Å². The molecule has 1 aromatic heterocycles. The van der Waals surface area contributed by atoms with E-state index in [1.165, 1.54) is 22.3 Å². The van der Waals surface area contributed by atoms with Gasteiger partial charge in [0.25, 0.3) is 0 Å². The van der Waals surface area contributed by atoms with E-state index >= 15 is 0 Å². The van der Waals surface area contributed by atoms with Crippen LogP contribution in [0.3, 0.4) is 0 Å². The van der Waals surface area contributed by atoms with Gasteiger partial charge in [-0.25, -0.2) is 0 Å². The van der Waals surface area contributed by atoms with E-state index in [-0.39, 0.29) is 0 Å². The lowest BCUT2D eigenvalue weighted by molar-refractivity contribution is 0.357. The number of hydrogen-bond donors (Lipinski definition) is 1. The summed E-state index contributed by atoms with van der Waals surface area (Å²) in [5, 5.41) is 3.32. The molecule has 0 saturated carbocycles. The van der Waals surface area contributed by atoms with E-state index in [4.69, 9.17) is 4.74 Å². The van der Waals surface area contributed by atoms with Crippen LogP contribution in [0.15, 0.2) is 36.7 Å². The van der Waals surface area contributed by atoms with Crippen molar-refractivity contribution in [1.82, 2.24) is 10.3 Å². The number of pyridine rings is 1. The van der Waals surface area contributed by atoms with Crippen LogP contribution in [0.5, 0.6) is 5.75 Å². The first-order chi connectivity index (χ1) is 9.36. The van der Waals surface area contributed by atoms with Crippen LogP contribution in [0.2, 0.25) is 0 Å². The van der Waals surface area contributed by atoms with E-state index in [0.717, 1.165) is 31.9 Å². The van der Waals surface area contributed by atoms with E-state index in [9.17, 15) is 0 Å². The Bertz CT molecular complexity index is 581. The van der Waals surface area contributed by atoms with Gasteiger partial charge in [0, 0.05) is 30.9 Å². The van der Waals surface area contributed by atoms with E-state index in [1.807, 2.05) is 12.4 Å². The second-order valence-corrected chi connectivity index (χ2v) is 4.78. The molecule has 0 aliphatic carbocycles. The van der Waals surface area contributed by atoms with Crippen LogP contribution in [0.25, 0.3) is 11.1 Å². The lowest BCUT2D eigenvalue weighted by Gasteiger charge is -2.07. The van der Waals surface area contributed by atoms with Crippen LogP contribution in [0, 0.1) is 0 Å². The zero-order chi connectivity index (χ0) is 13.1. The largest absolute Gasteiger partial charge is 0.493 e. The molecule has 3 rings (SSSR count). The van der Waals surface area contributed by atoms with Gasteiger partial charge in [-0.1, -0.05) is 13.0 Å². The Morgan fingerprint density at radius 1 is 1.21 bits per heavy atom. The minimum Gasteiger partial charge on any atom is -0.493 e. The van der Waals surface area contributed by atoms with Crippen LogP contribution in [0.4, 0.5) is 0 Å². The lowest BCUT2D eigenvalue weighted by Crippen LogP contribution is -2.11. The minimum atomic E-state index is 0.803. The molecule has 1 aliphatic rings. The van der Waals surface area contributed by atoms with E-state index in [1.54, 1.807) is 0 Å². The van der Waals surface area contributed by atoms with Gasteiger partial charge in [-0.3, -0.25) is 4.98 Å². The molecule has 0 atom stereocenters. The first-order valence-electron chi connectivity index (χ1n) is 6.77. The number of hydrogen-bond acceptors (Lipinski definition) is 3. The topological polar surface area (TPSA) is 34.2 Å². The standard InChI is InChI=1S/C16H18N2O/c1-2-17-9-12-7-15(11-18-10-12)13-3-4-16-14(8-13)5-6-19-16/h3-4,7-8,10-11,17H,2,5-6,9H2,1H3. The molecular weight excluding hydrogens is 236 g/mol. The van der Waals surface area contributed by atoms with Crippen molar-refractivity contribution in [3.8, 4) is 16.9 Å². The molecule has 0 amide bonds. The van der Waals surface area contributed by atoms with Gasteiger partial charge in [-0.05, 0) is 41.4 Å². The van der Waals surface area contributed by atoms with Gasteiger partial charge in [0.05, 0.1) is 6.61 Å². The monoisotopic (exact) mass is 254 g/mol. The predicted molar refractivity (Wildman–Crippen MR) is 76.3 cm³/mol. The zero-order valence-corrected chi connectivity index (χ0v) is 11.1. The van der Waals surface area contributed by atoms with Gasteiger partial charge in [-0.2, -0.15) is 0 Å². The van der Waals surface area contributed by atoms with Crippen LogP contribution < -0.4 is 10.1 Å². The van der Waals surface area contributed by atoms with E-state index < -0.39 is 0 Å². The molecule has 0 unspecified atom stereocenters. The number of benzene rings is 1. The summed E-state index contributed by atoms with van der Waals surface area (Å²) in [5.74, 6) is 1.03. The van der Waals surface area contributed by atoms with Crippen molar-refractivity contribution in [2.75, 3.05) is 13.2 Å². The Morgan fingerprint density at radius 2 is 2.16 bits per heavy atom. The average molecular weight is 254 g/mol. The van der Waals surface area contributed by atoms with Crippen molar-refractivity contribution < 1.29 is 4.74 Å². The highest BCUT2D eigenvalue weighted by molar-refractivity contribution is 5.65. The number of nitrogens with one attached hydrogen (secondary N) is 1.